The van der Waals surface area contributed by atoms with Crippen molar-refractivity contribution in [3.05, 3.63) is 78.9 Å². The fourth-order valence-corrected chi connectivity index (χ4v) is 4.44. The molecule has 30 heavy (non-hydrogen) atoms. The molecule has 0 radical (unpaired) electrons. The smallest absolute Gasteiger partial charge is 0.0880 e. The van der Waals surface area contributed by atoms with Crippen LogP contribution < -0.4 is 11.1 Å². The summed E-state index contributed by atoms with van der Waals surface area (Å²) in [6.07, 6.45) is 0. The van der Waals surface area contributed by atoms with E-state index in [1.54, 1.807) is 42.5 Å². The summed E-state index contributed by atoms with van der Waals surface area (Å²) >= 11 is 0. The van der Waals surface area contributed by atoms with Crippen LogP contribution in [-0.2, 0) is 14.0 Å². The molecule has 6 rings (SSSR count). The predicted octanol–water partition coefficient (Wildman–Crippen LogP) is 6.30. The maximum Gasteiger partial charge on any atom is 0.0880 e. The Morgan fingerprint density at radius 3 is 1.80 bits per heavy atom. The Labute approximate surface area is 182 Å². The van der Waals surface area contributed by atoms with Crippen molar-refractivity contribution in [2.75, 3.05) is 11.1 Å². The number of rotatable bonds is 2. The molecule has 0 bridgehead atoms. The van der Waals surface area contributed by atoms with E-state index in [2.05, 4.69) is 5.32 Å². The van der Waals surface area contributed by atoms with Gasteiger partial charge in [0.15, 0.2) is 0 Å². The van der Waals surface area contributed by atoms with E-state index in [-0.39, 0.29) is 0 Å². The number of hydrogen-bond donors (Lipinski definition) is 2. The van der Waals surface area contributed by atoms with Crippen LogP contribution in [0, 0.1) is 0 Å². The van der Waals surface area contributed by atoms with E-state index >= 15 is 0 Å². The average Bonchev–Trinajstić information content (AvgIpc) is 3.34. The molecular weight excluding hydrogens is 368 g/mol. The van der Waals surface area contributed by atoms with Crippen LogP contribution in [-0.4, -0.2) is 9.13 Å². The number of nitrogens with one attached hydrogen (secondary N) is 1. The molecule has 4 nitrogen and oxygen atoms in total. The molecule has 0 unspecified atom stereocenters. The summed E-state index contributed by atoms with van der Waals surface area (Å²) in [5, 5.41) is 6.28. The maximum absolute atomic E-state index is 8.39. The van der Waals surface area contributed by atoms with Crippen LogP contribution in [0.1, 0.15) is 8.22 Å². The van der Waals surface area contributed by atoms with Crippen molar-refractivity contribution < 1.29 is 8.22 Å². The van der Waals surface area contributed by atoms with E-state index in [1.165, 1.54) is 9.13 Å². The Kier molecular flexibility index (Phi) is 2.40. The van der Waals surface area contributed by atoms with Crippen LogP contribution >= 0.6 is 0 Å². The second-order valence-electron chi connectivity index (χ2n) is 7.46. The summed E-state index contributed by atoms with van der Waals surface area (Å²) in [4.78, 5) is 0. The number of nitrogens with two attached hydrogens (primary N) is 1. The maximum atomic E-state index is 8.39. The summed E-state index contributed by atoms with van der Waals surface area (Å²) in [6, 6.07) is 23.7. The van der Waals surface area contributed by atoms with Crippen molar-refractivity contribution in [3.63, 3.8) is 0 Å². The lowest BCUT2D eigenvalue weighted by Gasteiger charge is -2.15. The first-order valence-electron chi connectivity index (χ1n) is 12.7. The summed E-state index contributed by atoms with van der Waals surface area (Å²) in [6.45, 7) is -5.05. The van der Waals surface area contributed by atoms with Crippen molar-refractivity contribution >= 4 is 60.7 Å². The number of para-hydroxylation sites is 4. The average molecular weight is 397 g/mol. The highest BCUT2D eigenvalue weighted by Crippen LogP contribution is 2.43. The number of aryl methyl sites for hydroxylation is 2. The Morgan fingerprint density at radius 1 is 0.700 bits per heavy atom. The monoisotopic (exact) mass is 396 g/mol. The number of hydrogen-bond acceptors (Lipinski definition) is 2. The molecule has 0 fully saturated rings. The molecule has 146 valence electrons. The topological polar surface area (TPSA) is 47.9 Å². The Hall–Kier alpha value is -3.92. The van der Waals surface area contributed by atoms with Crippen molar-refractivity contribution in [2.24, 2.45) is 14.0 Å². The molecule has 0 saturated carbocycles. The van der Waals surface area contributed by atoms with Gasteiger partial charge in [-0.1, -0.05) is 48.5 Å². The zero-order valence-electron chi connectivity index (χ0n) is 22.0. The molecule has 0 aliphatic carbocycles. The lowest BCUT2D eigenvalue weighted by Crippen LogP contribution is -2.01. The molecule has 0 atom stereocenters. The van der Waals surface area contributed by atoms with Gasteiger partial charge in [0.1, 0.15) is 0 Å². The second kappa shape index (κ2) is 6.04. The Balaban J connectivity index is 1.93. The summed E-state index contributed by atoms with van der Waals surface area (Å²) in [5.74, 6) is 0. The van der Waals surface area contributed by atoms with E-state index in [0.717, 1.165) is 10.8 Å². The molecule has 4 heteroatoms. The van der Waals surface area contributed by atoms with Gasteiger partial charge in [-0.15, -0.1) is 0 Å². The lowest BCUT2D eigenvalue weighted by molar-refractivity contribution is 1.00. The van der Waals surface area contributed by atoms with E-state index in [1.807, 2.05) is 36.4 Å². The summed E-state index contributed by atoms with van der Waals surface area (Å²) in [5.41, 5.74) is 9.49. The molecule has 3 N–H and O–H groups in total. The Morgan fingerprint density at radius 2 is 1.23 bits per heavy atom. The largest absolute Gasteiger partial charge is 0.397 e. The van der Waals surface area contributed by atoms with Gasteiger partial charge in [0.05, 0.1) is 28.1 Å². The SMILES string of the molecule is [2H]C([2H])([2H])n1c2ccccc2c2cc3c4ccccc4n(C([2H])([2H])[2H])c3c(Nc3ccccc3N)c21. The lowest BCUT2D eigenvalue weighted by atomic mass is 10.1. The zero-order valence-corrected chi connectivity index (χ0v) is 16.0. The van der Waals surface area contributed by atoms with Crippen LogP contribution in [0.3, 0.4) is 0 Å². The molecule has 0 saturated heterocycles. The number of nitrogen functional groups attached to an aromatic ring is 1. The van der Waals surface area contributed by atoms with Crippen LogP contribution in [0.2, 0.25) is 0 Å². The zero-order chi connectivity index (χ0) is 25.4. The molecule has 2 heterocycles. The van der Waals surface area contributed by atoms with Gasteiger partial charge in [0.2, 0.25) is 0 Å². The van der Waals surface area contributed by atoms with Crippen LogP contribution in [0.4, 0.5) is 17.1 Å². The number of anilines is 3. The van der Waals surface area contributed by atoms with Gasteiger partial charge in [0, 0.05) is 54.8 Å². The van der Waals surface area contributed by atoms with Gasteiger partial charge >= 0.3 is 0 Å². The first-order valence-corrected chi connectivity index (χ1v) is 9.69. The highest BCUT2D eigenvalue weighted by Gasteiger charge is 2.20. The minimum absolute atomic E-state index is 0.375. The normalized spacial score (nSPS) is 15.6. The van der Waals surface area contributed by atoms with Gasteiger partial charge in [-0.05, 0) is 30.3 Å². The standard InChI is InChI=1S/C26H22N4/c1-29-22-13-7-3-9-16(22)18-15-19-17-10-4-8-14-23(17)30(2)26(19)24(25(18)29)28-21-12-6-5-11-20(21)27/h3-15,28H,27H2,1-2H3/i1D3,2D3. The molecule has 2 aromatic heterocycles. The van der Waals surface area contributed by atoms with Gasteiger partial charge < -0.3 is 20.2 Å². The molecule has 0 aliphatic rings. The number of nitrogens with zero attached hydrogens (tertiary/aromatic N) is 2. The molecule has 6 aromatic rings. The van der Waals surface area contributed by atoms with E-state index in [0.29, 0.717) is 49.9 Å². The molecule has 0 aliphatic heterocycles. The molecule has 0 amide bonds. The van der Waals surface area contributed by atoms with Gasteiger partial charge in [-0.2, -0.15) is 0 Å². The van der Waals surface area contributed by atoms with Gasteiger partial charge in [-0.3, -0.25) is 0 Å². The first kappa shape index (κ1) is 11.9. The van der Waals surface area contributed by atoms with E-state index in [9.17, 15) is 0 Å². The van der Waals surface area contributed by atoms with Crippen molar-refractivity contribution in [3.8, 4) is 0 Å². The fourth-order valence-electron chi connectivity index (χ4n) is 4.44. The number of fused-ring (bicyclic) bond motifs is 6. The predicted molar refractivity (Wildman–Crippen MR) is 129 cm³/mol. The second-order valence-corrected chi connectivity index (χ2v) is 7.46. The number of aromatic nitrogens is 2. The third-order valence-electron chi connectivity index (χ3n) is 5.81. The first-order chi connectivity index (χ1) is 17.1. The highest BCUT2D eigenvalue weighted by atomic mass is 15.0. The molecular formula is C26H22N4. The highest BCUT2D eigenvalue weighted by molar-refractivity contribution is 6.24. The molecule has 0 spiro atoms. The van der Waals surface area contributed by atoms with Gasteiger partial charge in [-0.25, -0.2) is 0 Å². The quantitative estimate of drug-likeness (QED) is 0.337. The Bertz CT molecular complexity index is 1700. The van der Waals surface area contributed by atoms with Crippen LogP contribution in [0.15, 0.2) is 78.9 Å². The van der Waals surface area contributed by atoms with Crippen LogP contribution in [0.25, 0.3) is 43.6 Å². The summed E-state index contributed by atoms with van der Waals surface area (Å²) in [7, 11) is 0. The minimum Gasteiger partial charge on any atom is -0.397 e. The van der Waals surface area contributed by atoms with Crippen molar-refractivity contribution in [1.29, 1.82) is 0 Å². The third kappa shape index (κ3) is 2.16. The van der Waals surface area contributed by atoms with E-state index in [4.69, 9.17) is 14.0 Å². The van der Waals surface area contributed by atoms with Crippen LogP contribution in [0.5, 0.6) is 0 Å². The third-order valence-corrected chi connectivity index (χ3v) is 5.81. The van der Waals surface area contributed by atoms with Crippen molar-refractivity contribution in [2.45, 2.75) is 0 Å². The van der Waals surface area contributed by atoms with E-state index < -0.39 is 14.0 Å². The fraction of sp³-hybridized carbons (Fsp3) is 0.0769. The summed E-state index contributed by atoms with van der Waals surface area (Å²) < 4.78 is 53.0. The number of benzene rings is 4. The minimum atomic E-state index is -2.52. The molecule has 4 aromatic carbocycles. The van der Waals surface area contributed by atoms with Gasteiger partial charge in [0.25, 0.3) is 0 Å². The van der Waals surface area contributed by atoms with Crippen molar-refractivity contribution in [1.82, 2.24) is 9.13 Å².